The lowest BCUT2D eigenvalue weighted by molar-refractivity contribution is -0.138. The number of carbonyl (C=O) groups is 1. The van der Waals surface area contributed by atoms with E-state index < -0.39 is 12.0 Å². The number of piperidine rings is 1. The molecule has 1 aromatic rings. The summed E-state index contributed by atoms with van der Waals surface area (Å²) in [4.78, 5) is 10.8. The summed E-state index contributed by atoms with van der Waals surface area (Å²) in [5, 5.41) is 12.2. The number of hydrogen-bond acceptors (Lipinski definition) is 5. The standard InChI is InChI=1S/C15H22N2O4/c1-20-13-5-4-10(7-12(16)15(18)19)8-14(13)21-11-3-2-6-17-9-11/h4-5,8,11-12,17H,2-3,6-7,9,16H2,1H3,(H,18,19). The molecule has 2 unspecified atom stereocenters. The molecule has 1 saturated heterocycles. The summed E-state index contributed by atoms with van der Waals surface area (Å²) in [6, 6.07) is 4.50. The van der Waals surface area contributed by atoms with Crippen molar-refractivity contribution < 1.29 is 19.4 Å². The Labute approximate surface area is 124 Å². The molecule has 1 fully saturated rings. The second-order valence-electron chi connectivity index (χ2n) is 5.22. The van der Waals surface area contributed by atoms with Crippen LogP contribution in [0.15, 0.2) is 18.2 Å². The van der Waals surface area contributed by atoms with Crippen LogP contribution in [0.4, 0.5) is 0 Å². The lowest BCUT2D eigenvalue weighted by atomic mass is 10.1. The van der Waals surface area contributed by atoms with E-state index in [-0.39, 0.29) is 12.5 Å². The fourth-order valence-electron chi connectivity index (χ4n) is 2.38. The summed E-state index contributed by atoms with van der Waals surface area (Å²) in [5.74, 6) is 0.277. The van der Waals surface area contributed by atoms with Crippen LogP contribution in [0.5, 0.6) is 11.5 Å². The van der Waals surface area contributed by atoms with Gasteiger partial charge in [-0.15, -0.1) is 0 Å². The third-order valence-electron chi connectivity index (χ3n) is 3.55. The second-order valence-corrected chi connectivity index (χ2v) is 5.22. The van der Waals surface area contributed by atoms with Crippen molar-refractivity contribution in [3.8, 4) is 11.5 Å². The summed E-state index contributed by atoms with van der Waals surface area (Å²) in [6.07, 6.45) is 2.44. The van der Waals surface area contributed by atoms with E-state index in [4.69, 9.17) is 20.3 Å². The number of rotatable bonds is 6. The highest BCUT2D eigenvalue weighted by molar-refractivity contribution is 5.73. The zero-order valence-electron chi connectivity index (χ0n) is 12.2. The van der Waals surface area contributed by atoms with E-state index in [0.717, 1.165) is 31.5 Å². The predicted octanol–water partition coefficient (Wildman–Crippen LogP) is 0.780. The fourth-order valence-corrected chi connectivity index (χ4v) is 2.38. The van der Waals surface area contributed by atoms with E-state index in [1.165, 1.54) is 0 Å². The number of methoxy groups -OCH3 is 1. The quantitative estimate of drug-likeness (QED) is 0.718. The molecule has 0 aromatic heterocycles. The normalized spacial score (nSPS) is 19.8. The maximum atomic E-state index is 10.8. The number of hydrogen-bond donors (Lipinski definition) is 3. The van der Waals surface area contributed by atoms with Gasteiger partial charge in [0.1, 0.15) is 12.1 Å². The minimum absolute atomic E-state index is 0.107. The largest absolute Gasteiger partial charge is 0.493 e. The second kappa shape index (κ2) is 7.28. The topological polar surface area (TPSA) is 93.8 Å². The number of carboxylic acid groups (broad SMARTS) is 1. The highest BCUT2D eigenvalue weighted by Crippen LogP contribution is 2.30. The van der Waals surface area contributed by atoms with Gasteiger partial charge in [0.15, 0.2) is 11.5 Å². The molecule has 0 bridgehead atoms. The number of carboxylic acids is 1. The number of aliphatic carboxylic acids is 1. The van der Waals surface area contributed by atoms with E-state index in [9.17, 15) is 4.79 Å². The molecule has 2 rings (SSSR count). The molecule has 4 N–H and O–H groups in total. The Morgan fingerprint density at radius 3 is 2.95 bits per heavy atom. The molecule has 0 amide bonds. The van der Waals surface area contributed by atoms with Crippen LogP contribution in [0.1, 0.15) is 18.4 Å². The van der Waals surface area contributed by atoms with Gasteiger partial charge in [-0.25, -0.2) is 0 Å². The summed E-state index contributed by atoms with van der Waals surface area (Å²) in [7, 11) is 1.59. The van der Waals surface area contributed by atoms with E-state index in [0.29, 0.717) is 11.5 Å². The minimum atomic E-state index is -1.01. The van der Waals surface area contributed by atoms with Gasteiger partial charge in [-0.05, 0) is 43.5 Å². The minimum Gasteiger partial charge on any atom is -0.493 e. The average molecular weight is 294 g/mol. The first-order chi connectivity index (χ1) is 10.1. The van der Waals surface area contributed by atoms with Crippen molar-refractivity contribution in [3.05, 3.63) is 23.8 Å². The molecule has 0 radical (unpaired) electrons. The molecule has 1 heterocycles. The van der Waals surface area contributed by atoms with Gasteiger partial charge in [0, 0.05) is 6.54 Å². The molecule has 0 aliphatic carbocycles. The molecular weight excluding hydrogens is 272 g/mol. The van der Waals surface area contributed by atoms with Gasteiger partial charge in [0.2, 0.25) is 0 Å². The molecule has 2 atom stereocenters. The SMILES string of the molecule is COc1ccc(CC(N)C(=O)O)cc1OC1CCCNC1. The maximum Gasteiger partial charge on any atom is 0.320 e. The van der Waals surface area contributed by atoms with Gasteiger partial charge in [-0.3, -0.25) is 4.79 Å². The monoisotopic (exact) mass is 294 g/mol. The first-order valence-electron chi connectivity index (χ1n) is 7.13. The van der Waals surface area contributed by atoms with Crippen molar-refractivity contribution in [3.63, 3.8) is 0 Å². The Kier molecular flexibility index (Phi) is 5.41. The molecule has 6 heteroatoms. The Hall–Kier alpha value is -1.79. The van der Waals surface area contributed by atoms with Crippen LogP contribution >= 0.6 is 0 Å². The zero-order valence-corrected chi connectivity index (χ0v) is 12.2. The number of nitrogens with one attached hydrogen (secondary N) is 1. The first-order valence-corrected chi connectivity index (χ1v) is 7.13. The lowest BCUT2D eigenvalue weighted by Gasteiger charge is -2.25. The highest BCUT2D eigenvalue weighted by Gasteiger charge is 2.18. The summed E-state index contributed by atoms with van der Waals surface area (Å²) in [5.41, 5.74) is 6.40. The number of nitrogens with two attached hydrogens (primary N) is 1. The van der Waals surface area contributed by atoms with Crippen LogP contribution < -0.4 is 20.5 Å². The molecule has 1 aliphatic rings. The van der Waals surface area contributed by atoms with E-state index in [2.05, 4.69) is 5.32 Å². The molecule has 0 spiro atoms. The van der Waals surface area contributed by atoms with Crippen LogP contribution in [-0.2, 0) is 11.2 Å². The third-order valence-corrected chi connectivity index (χ3v) is 3.55. The summed E-state index contributed by atoms with van der Waals surface area (Å²) in [6.45, 7) is 1.83. The Morgan fingerprint density at radius 1 is 1.52 bits per heavy atom. The van der Waals surface area contributed by atoms with Crippen molar-refractivity contribution in [1.29, 1.82) is 0 Å². The van der Waals surface area contributed by atoms with E-state index in [1.807, 2.05) is 12.1 Å². The Morgan fingerprint density at radius 2 is 2.33 bits per heavy atom. The average Bonchev–Trinajstić information content (AvgIpc) is 2.48. The Bertz CT molecular complexity index is 487. The van der Waals surface area contributed by atoms with Crippen molar-refractivity contribution in [1.82, 2.24) is 5.32 Å². The van der Waals surface area contributed by atoms with Crippen molar-refractivity contribution in [2.75, 3.05) is 20.2 Å². The van der Waals surface area contributed by atoms with Crippen molar-refractivity contribution >= 4 is 5.97 Å². The van der Waals surface area contributed by atoms with Gasteiger partial charge < -0.3 is 25.6 Å². The molecule has 1 aliphatic heterocycles. The molecule has 21 heavy (non-hydrogen) atoms. The van der Waals surface area contributed by atoms with E-state index >= 15 is 0 Å². The van der Waals surface area contributed by atoms with Gasteiger partial charge >= 0.3 is 5.97 Å². The fraction of sp³-hybridized carbons (Fsp3) is 0.533. The van der Waals surface area contributed by atoms with Crippen molar-refractivity contribution in [2.45, 2.75) is 31.4 Å². The molecule has 1 aromatic carbocycles. The van der Waals surface area contributed by atoms with Crippen LogP contribution in [-0.4, -0.2) is 43.4 Å². The van der Waals surface area contributed by atoms with Crippen LogP contribution in [0.2, 0.25) is 0 Å². The molecule has 6 nitrogen and oxygen atoms in total. The van der Waals surface area contributed by atoms with Crippen LogP contribution in [0.25, 0.3) is 0 Å². The van der Waals surface area contributed by atoms with E-state index in [1.54, 1.807) is 13.2 Å². The number of ether oxygens (including phenoxy) is 2. The molecule has 0 saturated carbocycles. The van der Waals surface area contributed by atoms with Gasteiger partial charge in [0.25, 0.3) is 0 Å². The highest BCUT2D eigenvalue weighted by atomic mass is 16.5. The summed E-state index contributed by atoms with van der Waals surface area (Å²) < 4.78 is 11.3. The van der Waals surface area contributed by atoms with Gasteiger partial charge in [-0.2, -0.15) is 0 Å². The van der Waals surface area contributed by atoms with Crippen LogP contribution in [0, 0.1) is 0 Å². The Balaban J connectivity index is 2.11. The van der Waals surface area contributed by atoms with Gasteiger partial charge in [-0.1, -0.05) is 6.07 Å². The van der Waals surface area contributed by atoms with Crippen LogP contribution in [0.3, 0.4) is 0 Å². The van der Waals surface area contributed by atoms with Gasteiger partial charge in [0.05, 0.1) is 7.11 Å². The smallest absolute Gasteiger partial charge is 0.320 e. The first kappa shape index (κ1) is 15.6. The lowest BCUT2D eigenvalue weighted by Crippen LogP contribution is -2.37. The third kappa shape index (κ3) is 4.34. The molecule has 116 valence electrons. The molecular formula is C15H22N2O4. The zero-order chi connectivity index (χ0) is 15.2. The predicted molar refractivity (Wildman–Crippen MR) is 78.8 cm³/mol. The van der Waals surface area contributed by atoms with Crippen molar-refractivity contribution in [2.24, 2.45) is 5.73 Å². The number of benzene rings is 1. The maximum absolute atomic E-state index is 10.8. The summed E-state index contributed by atoms with van der Waals surface area (Å²) >= 11 is 0.